The standard InChI is InChI=1S/C23H32N4O7Si/c1-6-35(7-2,8-3)34-15(5)18-19(25-22(18)29)14(4)21(28)20(26-24)23(30)33-13-16-9-11-17(12-10-16)27(31)32/h9-12,14-15,18-19H,6-8,13H2,1-5H3,(H,25,29)/t14-,15-,18-,19+/m1/s1. The summed E-state index contributed by atoms with van der Waals surface area (Å²) in [4.78, 5) is 50.8. The van der Waals surface area contributed by atoms with Crippen molar-refractivity contribution in [2.24, 2.45) is 11.8 Å². The highest BCUT2D eigenvalue weighted by molar-refractivity contribution is 6.73. The number of carbonyl (C=O) groups is 3. The number of amides is 1. The Hall–Kier alpha value is -3.21. The molecule has 0 spiro atoms. The van der Waals surface area contributed by atoms with Gasteiger partial charge in [-0.3, -0.25) is 19.7 Å². The molecule has 1 amide bonds. The lowest BCUT2D eigenvalue weighted by Gasteiger charge is -2.45. The van der Waals surface area contributed by atoms with Gasteiger partial charge in [-0.05, 0) is 42.8 Å². The SMILES string of the molecule is CC[Si](CC)(CC)O[C@H](C)[C@H]1C(=O)N[C@H]1[C@@H](C)C(=O)C(=[N+]=[N-])C(=O)OCc1ccc([N+](=O)[O-])cc1. The Kier molecular flexibility index (Phi) is 9.58. The van der Waals surface area contributed by atoms with Gasteiger partial charge in [-0.1, -0.05) is 27.7 Å². The number of benzene rings is 1. The lowest BCUT2D eigenvalue weighted by Crippen LogP contribution is -2.67. The highest BCUT2D eigenvalue weighted by atomic mass is 28.4. The molecule has 1 aromatic carbocycles. The number of nitrogens with zero attached hydrogens (tertiary/aromatic N) is 3. The Morgan fingerprint density at radius 2 is 1.74 bits per heavy atom. The minimum atomic E-state index is -1.99. The zero-order valence-electron chi connectivity index (χ0n) is 20.6. The van der Waals surface area contributed by atoms with E-state index in [1.807, 2.05) is 6.92 Å². The minimum absolute atomic E-state index is 0.117. The predicted molar refractivity (Wildman–Crippen MR) is 129 cm³/mol. The maximum atomic E-state index is 13.0. The molecule has 1 aliphatic rings. The van der Waals surface area contributed by atoms with E-state index in [0.29, 0.717) is 5.56 Å². The fraction of sp³-hybridized carbons (Fsp3) is 0.565. The first kappa shape index (κ1) is 28.0. The number of rotatable bonds is 13. The number of hydrogen-bond acceptors (Lipinski definition) is 7. The second-order valence-electron chi connectivity index (χ2n) is 8.73. The number of nitrogens with one attached hydrogen (secondary N) is 1. The van der Waals surface area contributed by atoms with Crippen molar-refractivity contribution in [1.29, 1.82) is 0 Å². The van der Waals surface area contributed by atoms with Crippen LogP contribution in [0.25, 0.3) is 5.53 Å². The number of hydrogen-bond donors (Lipinski definition) is 1. The van der Waals surface area contributed by atoms with Crippen LogP contribution in [0.2, 0.25) is 18.1 Å². The molecule has 1 N–H and O–H groups in total. The summed E-state index contributed by atoms with van der Waals surface area (Å²) >= 11 is 0. The molecule has 1 fully saturated rings. The zero-order valence-corrected chi connectivity index (χ0v) is 21.6. The van der Waals surface area contributed by atoms with Crippen LogP contribution in [-0.4, -0.2) is 53.5 Å². The Morgan fingerprint density at radius 1 is 1.17 bits per heavy atom. The van der Waals surface area contributed by atoms with Crippen LogP contribution in [0, 0.1) is 22.0 Å². The lowest BCUT2D eigenvalue weighted by molar-refractivity contribution is -0.384. The largest absolute Gasteiger partial charge is 0.452 e. The summed E-state index contributed by atoms with van der Waals surface area (Å²) in [7, 11) is -1.99. The molecule has 1 aliphatic heterocycles. The van der Waals surface area contributed by atoms with E-state index in [1.54, 1.807) is 6.92 Å². The molecule has 190 valence electrons. The molecular formula is C23H32N4O7Si. The topological polar surface area (TPSA) is 161 Å². The number of ketones is 1. The number of esters is 1. The summed E-state index contributed by atoms with van der Waals surface area (Å²) in [5, 5.41) is 13.5. The summed E-state index contributed by atoms with van der Waals surface area (Å²) in [6.07, 6.45) is -0.404. The van der Waals surface area contributed by atoms with Crippen molar-refractivity contribution in [2.75, 3.05) is 0 Å². The third kappa shape index (κ3) is 6.27. The third-order valence-corrected chi connectivity index (χ3v) is 11.6. The van der Waals surface area contributed by atoms with E-state index >= 15 is 0 Å². The fourth-order valence-corrected chi connectivity index (χ4v) is 7.26. The average molecular weight is 505 g/mol. The van der Waals surface area contributed by atoms with E-state index in [1.165, 1.54) is 24.3 Å². The van der Waals surface area contributed by atoms with E-state index < -0.39 is 54.7 Å². The van der Waals surface area contributed by atoms with Crippen LogP contribution in [0.1, 0.15) is 40.2 Å². The van der Waals surface area contributed by atoms with Crippen molar-refractivity contribution in [3.63, 3.8) is 0 Å². The van der Waals surface area contributed by atoms with Crippen LogP contribution in [0.4, 0.5) is 5.69 Å². The van der Waals surface area contributed by atoms with Gasteiger partial charge in [0, 0.05) is 18.1 Å². The van der Waals surface area contributed by atoms with Crippen LogP contribution in [-0.2, 0) is 30.2 Å². The molecule has 0 bridgehead atoms. The van der Waals surface area contributed by atoms with Gasteiger partial charge in [0.15, 0.2) is 8.32 Å². The number of β-lactam (4-membered cyclic amide) rings is 1. The van der Waals surface area contributed by atoms with E-state index in [0.717, 1.165) is 18.1 Å². The van der Waals surface area contributed by atoms with Gasteiger partial charge in [-0.15, -0.1) is 0 Å². The highest BCUT2D eigenvalue weighted by Crippen LogP contribution is 2.32. The Bertz CT molecular complexity index is 1010. The quantitative estimate of drug-likeness (QED) is 0.0497. The van der Waals surface area contributed by atoms with Crippen molar-refractivity contribution in [1.82, 2.24) is 5.32 Å². The van der Waals surface area contributed by atoms with Gasteiger partial charge in [-0.25, -0.2) is 4.79 Å². The monoisotopic (exact) mass is 504 g/mol. The van der Waals surface area contributed by atoms with Gasteiger partial charge in [0.1, 0.15) is 6.61 Å². The van der Waals surface area contributed by atoms with Gasteiger partial charge in [-0.2, -0.15) is 4.79 Å². The molecule has 1 saturated heterocycles. The van der Waals surface area contributed by atoms with Gasteiger partial charge < -0.3 is 20.0 Å². The summed E-state index contributed by atoms with van der Waals surface area (Å²) in [5.74, 6) is -3.56. The highest BCUT2D eigenvalue weighted by Gasteiger charge is 2.52. The second-order valence-corrected chi connectivity index (χ2v) is 13.5. The molecule has 2 rings (SSSR count). The Morgan fingerprint density at radius 3 is 2.20 bits per heavy atom. The number of non-ortho nitro benzene ring substituents is 1. The van der Waals surface area contributed by atoms with Crippen molar-refractivity contribution < 1.29 is 33.3 Å². The average Bonchev–Trinajstić information content (AvgIpc) is 2.84. The number of Topliss-reactive ketones (excluding diaryl/α,β-unsaturated/α-hetero) is 1. The van der Waals surface area contributed by atoms with E-state index in [9.17, 15) is 30.0 Å². The molecule has 1 aromatic rings. The molecule has 1 heterocycles. The molecule has 4 atom stereocenters. The predicted octanol–water partition coefficient (Wildman–Crippen LogP) is 3.04. The maximum absolute atomic E-state index is 13.0. The first-order valence-electron chi connectivity index (χ1n) is 11.7. The van der Waals surface area contributed by atoms with Gasteiger partial charge in [0.2, 0.25) is 5.91 Å². The molecule has 0 aliphatic carbocycles. The number of ether oxygens (including phenoxy) is 1. The molecule has 0 unspecified atom stereocenters. The molecule has 11 nitrogen and oxygen atoms in total. The molecule has 35 heavy (non-hydrogen) atoms. The van der Waals surface area contributed by atoms with Crippen molar-refractivity contribution >= 4 is 37.4 Å². The fourth-order valence-electron chi connectivity index (χ4n) is 4.33. The Balaban J connectivity index is 2.05. The van der Waals surface area contributed by atoms with Gasteiger partial charge in [0.05, 0.1) is 23.0 Å². The first-order valence-corrected chi connectivity index (χ1v) is 14.2. The number of carbonyl (C=O) groups excluding carboxylic acids is 3. The summed E-state index contributed by atoms with van der Waals surface area (Å²) < 4.78 is 11.5. The normalized spacial score (nSPS) is 18.9. The Labute approximate surface area is 205 Å². The first-order chi connectivity index (χ1) is 16.5. The van der Waals surface area contributed by atoms with E-state index in [4.69, 9.17) is 9.16 Å². The van der Waals surface area contributed by atoms with Crippen molar-refractivity contribution in [3.05, 3.63) is 45.5 Å². The third-order valence-electron chi connectivity index (χ3n) is 6.87. The van der Waals surface area contributed by atoms with Crippen LogP contribution in [0.3, 0.4) is 0 Å². The number of nitro benzene ring substituents is 1. The molecule has 0 aromatic heterocycles. The summed E-state index contributed by atoms with van der Waals surface area (Å²) in [6.45, 7) is 9.36. The molecular weight excluding hydrogens is 472 g/mol. The van der Waals surface area contributed by atoms with Crippen molar-refractivity contribution in [2.45, 2.75) is 71.5 Å². The summed E-state index contributed by atoms with van der Waals surface area (Å²) in [6, 6.07) is 7.50. The molecule has 0 saturated carbocycles. The summed E-state index contributed by atoms with van der Waals surface area (Å²) in [5.41, 5.74) is 8.89. The van der Waals surface area contributed by atoms with Crippen LogP contribution >= 0.6 is 0 Å². The van der Waals surface area contributed by atoms with Crippen molar-refractivity contribution in [3.8, 4) is 0 Å². The zero-order chi connectivity index (χ0) is 26.3. The lowest BCUT2D eigenvalue weighted by atomic mass is 9.76. The van der Waals surface area contributed by atoms with Crippen LogP contribution in [0.15, 0.2) is 24.3 Å². The van der Waals surface area contributed by atoms with E-state index in [-0.39, 0.29) is 18.2 Å². The molecule has 12 heteroatoms. The van der Waals surface area contributed by atoms with E-state index in [2.05, 4.69) is 30.9 Å². The van der Waals surface area contributed by atoms with Crippen LogP contribution < -0.4 is 5.32 Å². The van der Waals surface area contributed by atoms with Gasteiger partial charge >= 0.3 is 11.7 Å². The maximum Gasteiger partial charge on any atom is 0.441 e. The smallest absolute Gasteiger partial charge is 0.441 e. The molecule has 0 radical (unpaired) electrons. The minimum Gasteiger partial charge on any atom is -0.452 e. The van der Waals surface area contributed by atoms with Crippen LogP contribution in [0.5, 0.6) is 0 Å². The second kappa shape index (κ2) is 12.0. The van der Waals surface area contributed by atoms with Gasteiger partial charge in [0.25, 0.3) is 11.5 Å². The number of nitro groups is 1.